The Labute approximate surface area is 78.8 Å². The van der Waals surface area contributed by atoms with E-state index in [9.17, 15) is 5.11 Å². The van der Waals surface area contributed by atoms with Crippen molar-refractivity contribution in [3.63, 3.8) is 0 Å². The van der Waals surface area contributed by atoms with Gasteiger partial charge in [0.05, 0.1) is 5.60 Å². The molecule has 2 aliphatic rings. The van der Waals surface area contributed by atoms with Crippen molar-refractivity contribution in [1.29, 1.82) is 0 Å². The van der Waals surface area contributed by atoms with Gasteiger partial charge in [0.1, 0.15) is 26.3 Å². The van der Waals surface area contributed by atoms with Crippen molar-refractivity contribution >= 4 is 7.85 Å². The first kappa shape index (κ1) is 9.46. The summed E-state index contributed by atoms with van der Waals surface area (Å²) >= 11 is 0. The minimum Gasteiger partial charge on any atom is -0.387 e. The topological polar surface area (TPSA) is 64.7 Å². The van der Waals surface area contributed by atoms with Crippen molar-refractivity contribution in [2.75, 3.05) is 0 Å². The molecule has 0 aromatic rings. The Morgan fingerprint density at radius 2 is 2.38 bits per heavy atom. The fourth-order valence-electron chi connectivity index (χ4n) is 2.23. The van der Waals surface area contributed by atoms with Crippen molar-refractivity contribution in [2.45, 2.75) is 49.8 Å². The predicted octanol–water partition coefficient (Wildman–Crippen LogP) is -0.905. The molecular formula is C8H14BNO3. The van der Waals surface area contributed by atoms with E-state index in [1.165, 1.54) is 0 Å². The Morgan fingerprint density at radius 3 is 3.00 bits per heavy atom. The quantitative estimate of drug-likeness (QED) is 0.516. The molecule has 2 aliphatic heterocycles. The average molecular weight is 183 g/mol. The molecule has 3 N–H and O–H groups in total. The molecule has 5 heteroatoms. The molecular weight excluding hydrogens is 169 g/mol. The summed E-state index contributed by atoms with van der Waals surface area (Å²) in [5, 5.41) is 9.86. The molecule has 0 amide bonds. The Kier molecular flexibility index (Phi) is 2.15. The molecule has 2 heterocycles. The molecule has 0 aromatic heterocycles. The smallest absolute Gasteiger partial charge is 0.112 e. The minimum absolute atomic E-state index is 0.373. The number of ether oxygens (including phenoxy) is 2. The van der Waals surface area contributed by atoms with Gasteiger partial charge in [-0.3, -0.25) is 0 Å². The van der Waals surface area contributed by atoms with Crippen LogP contribution in [0.3, 0.4) is 0 Å². The van der Waals surface area contributed by atoms with Crippen LogP contribution >= 0.6 is 0 Å². The fourth-order valence-corrected chi connectivity index (χ4v) is 2.23. The van der Waals surface area contributed by atoms with Gasteiger partial charge in [0.25, 0.3) is 0 Å². The van der Waals surface area contributed by atoms with Crippen LogP contribution in [0.5, 0.6) is 0 Å². The van der Waals surface area contributed by atoms with Gasteiger partial charge in [0, 0.05) is 12.4 Å². The van der Waals surface area contributed by atoms with Crippen LogP contribution in [0.15, 0.2) is 0 Å². The first-order valence-corrected chi connectivity index (χ1v) is 4.61. The monoisotopic (exact) mass is 183 g/mol. The van der Waals surface area contributed by atoms with Crippen LogP contribution in [0.4, 0.5) is 0 Å². The van der Waals surface area contributed by atoms with Gasteiger partial charge in [0.15, 0.2) is 0 Å². The molecule has 2 fully saturated rings. The maximum absolute atomic E-state index is 9.86. The van der Waals surface area contributed by atoms with Crippen LogP contribution in [0.2, 0.25) is 0 Å². The zero-order chi connectivity index (χ0) is 9.64. The molecule has 1 unspecified atom stereocenters. The van der Waals surface area contributed by atoms with Crippen molar-refractivity contribution in [3.8, 4) is 0 Å². The third-order valence-electron chi connectivity index (χ3n) is 3.02. The zero-order valence-corrected chi connectivity index (χ0v) is 7.64. The number of aliphatic hydroxyl groups excluding tert-OH is 1. The largest absolute Gasteiger partial charge is 0.387 e. The van der Waals surface area contributed by atoms with Gasteiger partial charge in [-0.15, -0.1) is 0 Å². The van der Waals surface area contributed by atoms with Gasteiger partial charge < -0.3 is 20.3 Å². The molecule has 2 rings (SSSR count). The lowest BCUT2D eigenvalue weighted by atomic mass is 9.83. The van der Waals surface area contributed by atoms with Gasteiger partial charge >= 0.3 is 0 Å². The summed E-state index contributed by atoms with van der Waals surface area (Å²) in [6.07, 6.45) is -0.275. The highest BCUT2D eigenvalue weighted by atomic mass is 16.6. The van der Waals surface area contributed by atoms with E-state index in [2.05, 4.69) is 0 Å². The maximum atomic E-state index is 9.86. The van der Waals surface area contributed by atoms with Gasteiger partial charge in [-0.1, -0.05) is 6.92 Å². The molecule has 0 aromatic carbocycles. The number of hydrogen-bond acceptors (Lipinski definition) is 4. The second-order valence-corrected chi connectivity index (χ2v) is 3.79. The zero-order valence-electron chi connectivity index (χ0n) is 7.64. The summed E-state index contributed by atoms with van der Waals surface area (Å²) in [4.78, 5) is 0. The van der Waals surface area contributed by atoms with Crippen LogP contribution < -0.4 is 5.73 Å². The number of fused-ring (bicyclic) bond motifs is 2. The normalized spacial score (nSPS) is 55.3. The summed E-state index contributed by atoms with van der Waals surface area (Å²) in [7, 11) is 5.67. The van der Waals surface area contributed by atoms with Crippen molar-refractivity contribution in [1.82, 2.24) is 0 Å². The van der Waals surface area contributed by atoms with Crippen LogP contribution in [-0.4, -0.2) is 43.0 Å². The summed E-state index contributed by atoms with van der Waals surface area (Å²) in [5.74, 6) is 0. The number of rotatable bonds is 1. The lowest BCUT2D eigenvalue weighted by Gasteiger charge is -2.38. The van der Waals surface area contributed by atoms with E-state index in [4.69, 9.17) is 23.1 Å². The summed E-state index contributed by atoms with van der Waals surface area (Å²) < 4.78 is 10.8. The molecule has 0 saturated carbocycles. The van der Waals surface area contributed by atoms with E-state index < -0.39 is 23.8 Å². The SMILES string of the molecule is [B][C@@H]1O[C@@]2(CC)CC(N)O[C@@H]1[C@@H]2O. The molecule has 5 atom stereocenters. The third-order valence-corrected chi connectivity index (χ3v) is 3.02. The first-order chi connectivity index (χ1) is 6.09. The van der Waals surface area contributed by atoms with E-state index in [1.54, 1.807) is 0 Å². The minimum atomic E-state index is -0.646. The molecule has 2 bridgehead atoms. The molecule has 4 nitrogen and oxygen atoms in total. The molecule has 2 saturated heterocycles. The number of nitrogens with two attached hydrogens (primary N) is 1. The van der Waals surface area contributed by atoms with E-state index in [-0.39, 0.29) is 6.23 Å². The van der Waals surface area contributed by atoms with Crippen molar-refractivity contribution in [3.05, 3.63) is 0 Å². The third kappa shape index (κ3) is 1.22. The standard InChI is InChI=1S/C8H14BNO3/c1-2-8-3-4(10)12-5(6(8)11)7(9)13-8/h4-7,11H,2-3,10H2,1H3/t4?,5-,6+,7-,8+/m1/s1. The average Bonchev–Trinajstić information content (AvgIpc) is 2.26. The van der Waals surface area contributed by atoms with Crippen LogP contribution in [0, 0.1) is 0 Å². The van der Waals surface area contributed by atoms with E-state index >= 15 is 0 Å². The maximum Gasteiger partial charge on any atom is 0.112 e. The van der Waals surface area contributed by atoms with Crippen LogP contribution in [0.25, 0.3) is 0 Å². The highest BCUT2D eigenvalue weighted by Crippen LogP contribution is 2.42. The summed E-state index contributed by atoms with van der Waals surface area (Å²) in [6.45, 7) is 1.95. The summed E-state index contributed by atoms with van der Waals surface area (Å²) in [6, 6.07) is -0.552. The van der Waals surface area contributed by atoms with Crippen LogP contribution in [-0.2, 0) is 9.47 Å². The lowest BCUT2D eigenvalue weighted by Crippen LogP contribution is -2.54. The second-order valence-electron chi connectivity index (χ2n) is 3.79. The second kappa shape index (κ2) is 2.95. The van der Waals surface area contributed by atoms with Gasteiger partial charge in [-0.2, -0.15) is 0 Å². The van der Waals surface area contributed by atoms with Gasteiger partial charge in [0.2, 0.25) is 0 Å². The molecule has 0 spiro atoms. The highest BCUT2D eigenvalue weighted by Gasteiger charge is 2.56. The highest BCUT2D eigenvalue weighted by molar-refractivity contribution is 6.11. The molecule has 0 aliphatic carbocycles. The lowest BCUT2D eigenvalue weighted by molar-refractivity contribution is -0.148. The number of hydrogen-bond donors (Lipinski definition) is 2. The van der Waals surface area contributed by atoms with Gasteiger partial charge in [-0.05, 0) is 6.42 Å². The van der Waals surface area contributed by atoms with E-state index in [1.807, 2.05) is 6.92 Å². The summed E-state index contributed by atoms with van der Waals surface area (Å²) in [5.41, 5.74) is 5.09. The predicted molar refractivity (Wildman–Crippen MR) is 47.1 cm³/mol. The Bertz CT molecular complexity index is 212. The van der Waals surface area contributed by atoms with Crippen LogP contribution in [0.1, 0.15) is 19.8 Å². The first-order valence-electron chi connectivity index (χ1n) is 4.61. The van der Waals surface area contributed by atoms with E-state index in [0.29, 0.717) is 12.8 Å². The Balaban J connectivity index is 2.26. The number of aliphatic hydroxyl groups is 1. The molecule has 72 valence electrons. The van der Waals surface area contributed by atoms with E-state index in [0.717, 1.165) is 0 Å². The van der Waals surface area contributed by atoms with Crippen molar-refractivity contribution in [2.24, 2.45) is 5.73 Å². The fraction of sp³-hybridized carbons (Fsp3) is 1.00. The van der Waals surface area contributed by atoms with Gasteiger partial charge in [-0.25, -0.2) is 0 Å². The Morgan fingerprint density at radius 1 is 1.69 bits per heavy atom. The Hall–Kier alpha value is -0.0951. The molecule has 2 radical (unpaired) electrons. The molecule has 13 heavy (non-hydrogen) atoms. The van der Waals surface area contributed by atoms with Crippen molar-refractivity contribution < 1.29 is 14.6 Å².